The Bertz CT molecular complexity index is 897. The monoisotopic (exact) mass is 436 g/mol. The van der Waals surface area contributed by atoms with Gasteiger partial charge in [0.1, 0.15) is 5.76 Å². The third-order valence-electron chi connectivity index (χ3n) is 7.47. The average Bonchev–Trinajstić information content (AvgIpc) is 3.59. The van der Waals surface area contributed by atoms with Crippen molar-refractivity contribution in [3.05, 3.63) is 59.5 Å². The fourth-order valence-electron chi connectivity index (χ4n) is 5.74. The standard InChI is InChI=1S/C26H36N4O2/c31-23-10-12-30(18-23)17-22-5-2-1-4-21(22)16-28-26(27-11-9-24-6-3-13-32-24)29-25-15-19-7-8-20(25)14-19/h1-6,13,19-20,23,25,31H,7-12,14-18H2,(H2,27,28,29). The third-order valence-corrected chi connectivity index (χ3v) is 7.47. The van der Waals surface area contributed by atoms with Crippen LogP contribution >= 0.6 is 0 Å². The molecule has 2 heterocycles. The first-order valence-corrected chi connectivity index (χ1v) is 12.3. The molecule has 1 saturated heterocycles. The van der Waals surface area contributed by atoms with Gasteiger partial charge in [-0.1, -0.05) is 30.7 Å². The molecule has 4 atom stereocenters. The Balaban J connectivity index is 1.24. The number of guanidine groups is 1. The van der Waals surface area contributed by atoms with Crippen molar-refractivity contribution in [3.8, 4) is 0 Å². The Kier molecular flexibility index (Phi) is 6.79. The fourth-order valence-corrected chi connectivity index (χ4v) is 5.74. The second kappa shape index (κ2) is 10.1. The maximum absolute atomic E-state index is 9.87. The van der Waals surface area contributed by atoms with Crippen molar-refractivity contribution >= 4 is 5.96 Å². The predicted octanol–water partition coefficient (Wildman–Crippen LogP) is 3.31. The largest absolute Gasteiger partial charge is 0.469 e. The number of nitrogens with zero attached hydrogens (tertiary/aromatic N) is 2. The summed E-state index contributed by atoms with van der Waals surface area (Å²) < 4.78 is 5.48. The van der Waals surface area contributed by atoms with Gasteiger partial charge in [-0.2, -0.15) is 0 Å². The number of fused-ring (bicyclic) bond motifs is 2. The molecule has 172 valence electrons. The number of aliphatic hydroxyl groups is 1. The van der Waals surface area contributed by atoms with Crippen LogP contribution in [0.5, 0.6) is 0 Å². The summed E-state index contributed by atoms with van der Waals surface area (Å²) in [4.78, 5) is 7.34. The molecule has 0 amide bonds. The SMILES string of the molecule is OC1CCN(Cc2ccccc2CN=C(NCCc2ccco2)NC2CC3CCC2C3)C1. The molecule has 1 aromatic carbocycles. The van der Waals surface area contributed by atoms with Crippen LogP contribution < -0.4 is 10.6 Å². The lowest BCUT2D eigenvalue weighted by atomic mass is 9.95. The lowest BCUT2D eigenvalue weighted by Crippen LogP contribution is -2.46. The third kappa shape index (κ3) is 5.36. The van der Waals surface area contributed by atoms with Crippen LogP contribution in [-0.2, 0) is 19.5 Å². The number of hydrogen-bond donors (Lipinski definition) is 3. The van der Waals surface area contributed by atoms with Crippen molar-refractivity contribution in [2.24, 2.45) is 16.8 Å². The summed E-state index contributed by atoms with van der Waals surface area (Å²) in [6, 6.07) is 13.1. The van der Waals surface area contributed by atoms with E-state index in [-0.39, 0.29) is 6.10 Å². The minimum atomic E-state index is -0.184. The molecule has 0 radical (unpaired) electrons. The van der Waals surface area contributed by atoms with E-state index < -0.39 is 0 Å². The molecule has 5 rings (SSSR count). The Labute approximate surface area is 191 Å². The van der Waals surface area contributed by atoms with E-state index in [9.17, 15) is 5.11 Å². The average molecular weight is 437 g/mol. The van der Waals surface area contributed by atoms with Gasteiger partial charge < -0.3 is 20.2 Å². The van der Waals surface area contributed by atoms with Crippen LogP contribution in [0.2, 0.25) is 0 Å². The van der Waals surface area contributed by atoms with Crippen molar-refractivity contribution in [1.82, 2.24) is 15.5 Å². The summed E-state index contributed by atoms with van der Waals surface area (Å²) in [6.45, 7) is 4.06. The molecule has 3 fully saturated rings. The van der Waals surface area contributed by atoms with E-state index >= 15 is 0 Å². The highest BCUT2D eigenvalue weighted by Gasteiger charge is 2.39. The Morgan fingerprint density at radius 2 is 2.00 bits per heavy atom. The lowest BCUT2D eigenvalue weighted by molar-refractivity contribution is 0.174. The number of nitrogens with one attached hydrogen (secondary N) is 2. The van der Waals surface area contributed by atoms with Crippen molar-refractivity contribution in [3.63, 3.8) is 0 Å². The Morgan fingerprint density at radius 1 is 1.09 bits per heavy atom. The van der Waals surface area contributed by atoms with Gasteiger partial charge in [0.15, 0.2) is 5.96 Å². The molecular weight excluding hydrogens is 400 g/mol. The highest BCUT2D eigenvalue weighted by atomic mass is 16.3. The predicted molar refractivity (Wildman–Crippen MR) is 126 cm³/mol. The van der Waals surface area contributed by atoms with E-state index in [0.717, 1.165) is 62.6 Å². The normalized spacial score (nSPS) is 27.8. The number of hydrogen-bond acceptors (Lipinski definition) is 4. The van der Waals surface area contributed by atoms with Crippen LogP contribution in [0.25, 0.3) is 0 Å². The van der Waals surface area contributed by atoms with Crippen LogP contribution in [0.4, 0.5) is 0 Å². The van der Waals surface area contributed by atoms with E-state index in [2.05, 4.69) is 39.8 Å². The molecule has 4 unspecified atom stereocenters. The van der Waals surface area contributed by atoms with Crippen LogP contribution in [0, 0.1) is 11.8 Å². The summed E-state index contributed by atoms with van der Waals surface area (Å²) in [6.07, 6.45) is 8.67. The fraction of sp³-hybridized carbons (Fsp3) is 0.577. The Hall–Kier alpha value is -2.31. The smallest absolute Gasteiger partial charge is 0.191 e. The first kappa shape index (κ1) is 21.5. The lowest BCUT2D eigenvalue weighted by Gasteiger charge is -2.25. The van der Waals surface area contributed by atoms with Gasteiger partial charge in [-0.3, -0.25) is 4.90 Å². The first-order chi connectivity index (χ1) is 15.7. The first-order valence-electron chi connectivity index (χ1n) is 12.3. The van der Waals surface area contributed by atoms with Gasteiger partial charge in [-0.25, -0.2) is 4.99 Å². The summed E-state index contributed by atoms with van der Waals surface area (Å²) >= 11 is 0. The molecule has 2 aliphatic carbocycles. The van der Waals surface area contributed by atoms with Crippen molar-refractivity contribution in [2.45, 2.75) is 63.8 Å². The van der Waals surface area contributed by atoms with E-state index in [0.29, 0.717) is 12.6 Å². The number of likely N-dealkylation sites (tertiary alicyclic amines) is 1. The number of benzene rings is 1. The van der Waals surface area contributed by atoms with Crippen LogP contribution in [0.15, 0.2) is 52.1 Å². The molecule has 0 spiro atoms. The molecule has 2 aromatic rings. The molecule has 6 heteroatoms. The number of aliphatic imine (C=N–C) groups is 1. The van der Waals surface area contributed by atoms with Gasteiger partial charge in [0, 0.05) is 38.6 Å². The minimum Gasteiger partial charge on any atom is -0.469 e. The zero-order chi connectivity index (χ0) is 21.8. The summed E-state index contributed by atoms with van der Waals surface area (Å²) in [5.74, 6) is 3.61. The zero-order valence-corrected chi connectivity index (χ0v) is 18.9. The number of β-amino-alcohol motifs (C(OH)–C–C–N with tert-alkyl or cyclic N) is 1. The van der Waals surface area contributed by atoms with Gasteiger partial charge in [0.2, 0.25) is 0 Å². The van der Waals surface area contributed by atoms with Gasteiger partial charge >= 0.3 is 0 Å². The Morgan fingerprint density at radius 3 is 2.72 bits per heavy atom. The number of furan rings is 1. The maximum Gasteiger partial charge on any atom is 0.191 e. The molecular formula is C26H36N4O2. The highest BCUT2D eigenvalue weighted by Crippen LogP contribution is 2.44. The molecule has 32 heavy (non-hydrogen) atoms. The molecule has 1 aromatic heterocycles. The van der Waals surface area contributed by atoms with E-state index in [1.54, 1.807) is 6.26 Å². The highest BCUT2D eigenvalue weighted by molar-refractivity contribution is 5.80. The van der Waals surface area contributed by atoms with Gasteiger partial charge in [0.05, 0.1) is 18.9 Å². The summed E-state index contributed by atoms with van der Waals surface area (Å²) in [5, 5.41) is 17.2. The molecule has 3 N–H and O–H groups in total. The van der Waals surface area contributed by atoms with Crippen LogP contribution in [0.3, 0.4) is 0 Å². The molecule has 1 aliphatic heterocycles. The summed E-state index contributed by atoms with van der Waals surface area (Å²) in [5.41, 5.74) is 2.56. The molecule has 2 bridgehead atoms. The minimum absolute atomic E-state index is 0.184. The second-order valence-electron chi connectivity index (χ2n) is 9.79. The zero-order valence-electron chi connectivity index (χ0n) is 18.9. The van der Waals surface area contributed by atoms with Crippen molar-refractivity contribution in [2.75, 3.05) is 19.6 Å². The quantitative estimate of drug-likeness (QED) is 0.437. The molecule has 6 nitrogen and oxygen atoms in total. The van der Waals surface area contributed by atoms with Gasteiger partial charge in [0.25, 0.3) is 0 Å². The second-order valence-corrected chi connectivity index (χ2v) is 9.79. The van der Waals surface area contributed by atoms with E-state index in [1.165, 1.54) is 36.8 Å². The molecule has 3 aliphatic rings. The number of rotatable bonds is 8. The van der Waals surface area contributed by atoms with Crippen molar-refractivity contribution < 1.29 is 9.52 Å². The maximum atomic E-state index is 9.87. The number of aliphatic hydroxyl groups excluding tert-OH is 1. The van der Waals surface area contributed by atoms with Crippen molar-refractivity contribution in [1.29, 1.82) is 0 Å². The van der Waals surface area contributed by atoms with Gasteiger partial charge in [-0.05, 0) is 60.8 Å². The summed E-state index contributed by atoms with van der Waals surface area (Å²) in [7, 11) is 0. The van der Waals surface area contributed by atoms with Gasteiger partial charge in [-0.15, -0.1) is 0 Å². The van der Waals surface area contributed by atoms with E-state index in [4.69, 9.17) is 9.41 Å². The van der Waals surface area contributed by atoms with Crippen LogP contribution in [0.1, 0.15) is 49.0 Å². The van der Waals surface area contributed by atoms with Crippen LogP contribution in [-0.4, -0.2) is 47.7 Å². The molecule has 2 saturated carbocycles. The van der Waals surface area contributed by atoms with E-state index in [1.807, 2.05) is 12.1 Å². The topological polar surface area (TPSA) is 73.0 Å².